The normalized spacial score (nSPS) is 59.2. The van der Waals surface area contributed by atoms with E-state index in [1.807, 2.05) is 0 Å². The minimum Gasteiger partial charge on any atom is -0.0922 e. The highest BCUT2D eigenvalue weighted by atomic mass is 79.9. The Bertz CT molecular complexity index is 173. The summed E-state index contributed by atoms with van der Waals surface area (Å²) >= 11 is 3.72. The molecule has 4 saturated carbocycles. The van der Waals surface area contributed by atoms with Crippen LogP contribution in [0, 0.1) is 23.2 Å². The topological polar surface area (TPSA) is 0 Å². The largest absolute Gasteiger partial charge is 0.0922 e. The minimum atomic E-state index is 0.785. The van der Waals surface area contributed by atoms with E-state index in [1.54, 1.807) is 32.1 Å². The maximum Gasteiger partial charge on any atom is 0.00908 e. The third-order valence-electron chi connectivity index (χ3n) is 4.42. The van der Waals surface area contributed by atoms with Gasteiger partial charge in [0, 0.05) is 5.33 Å². The molecule has 0 heterocycles. The van der Waals surface area contributed by atoms with Crippen LogP contribution in [0.2, 0.25) is 0 Å². The summed E-state index contributed by atoms with van der Waals surface area (Å²) in [5.74, 6) is 3.38. The summed E-state index contributed by atoms with van der Waals surface area (Å²) in [6, 6.07) is 0. The van der Waals surface area contributed by atoms with E-state index in [9.17, 15) is 0 Å². The molecule has 0 aromatic rings. The summed E-state index contributed by atoms with van der Waals surface area (Å²) in [6.07, 6.45) is 7.83. The van der Waals surface area contributed by atoms with Crippen LogP contribution in [0.3, 0.4) is 0 Å². The van der Waals surface area contributed by atoms with Crippen LogP contribution >= 0.6 is 15.9 Å². The van der Waals surface area contributed by atoms with Gasteiger partial charge in [0.1, 0.15) is 0 Å². The minimum absolute atomic E-state index is 0.785. The SMILES string of the molecule is BrCC12CC3CC(CC1C3)C2. The first-order valence-corrected chi connectivity index (χ1v) is 6.00. The highest BCUT2D eigenvalue weighted by molar-refractivity contribution is 9.09. The second-order valence-electron chi connectivity index (χ2n) is 5.04. The van der Waals surface area contributed by atoms with Gasteiger partial charge in [0.05, 0.1) is 0 Å². The Balaban J connectivity index is 1.98. The average Bonchev–Trinajstić information content (AvgIpc) is 2.37. The highest BCUT2D eigenvalue weighted by Gasteiger charge is 2.56. The molecule has 0 N–H and O–H groups in total. The van der Waals surface area contributed by atoms with Crippen molar-refractivity contribution < 1.29 is 0 Å². The summed E-state index contributed by atoms with van der Waals surface area (Å²) in [5.41, 5.74) is 0.785. The van der Waals surface area contributed by atoms with Gasteiger partial charge in [-0.3, -0.25) is 0 Å². The molecule has 2 atom stereocenters. The fourth-order valence-corrected chi connectivity index (χ4v) is 5.10. The highest BCUT2D eigenvalue weighted by Crippen LogP contribution is 2.65. The number of alkyl halides is 1. The molecular weight excluding hydrogens is 200 g/mol. The fraction of sp³-hybridized carbons (Fsp3) is 1.00. The molecule has 4 aliphatic carbocycles. The lowest BCUT2D eigenvalue weighted by Crippen LogP contribution is -2.23. The van der Waals surface area contributed by atoms with E-state index in [-0.39, 0.29) is 0 Å². The van der Waals surface area contributed by atoms with Crippen molar-refractivity contribution in [2.45, 2.75) is 32.1 Å². The van der Waals surface area contributed by atoms with Crippen LogP contribution in [0.1, 0.15) is 32.1 Å². The monoisotopic (exact) mass is 214 g/mol. The predicted octanol–water partition coefficient (Wildman–Crippen LogP) is 3.21. The van der Waals surface area contributed by atoms with Crippen LogP contribution < -0.4 is 0 Å². The first-order valence-electron chi connectivity index (χ1n) is 4.88. The van der Waals surface area contributed by atoms with Gasteiger partial charge in [0.2, 0.25) is 0 Å². The molecule has 2 unspecified atom stereocenters. The van der Waals surface area contributed by atoms with Crippen LogP contribution in [0.15, 0.2) is 0 Å². The van der Waals surface area contributed by atoms with Gasteiger partial charge in [0.15, 0.2) is 0 Å². The van der Waals surface area contributed by atoms with E-state index in [0.29, 0.717) is 0 Å². The Morgan fingerprint density at radius 3 is 2.18 bits per heavy atom. The Morgan fingerprint density at radius 2 is 1.73 bits per heavy atom. The summed E-state index contributed by atoms with van der Waals surface area (Å²) in [5, 5.41) is 1.29. The van der Waals surface area contributed by atoms with E-state index in [1.165, 1.54) is 5.33 Å². The molecule has 0 nitrogen and oxygen atoms in total. The van der Waals surface area contributed by atoms with Gasteiger partial charge in [-0.05, 0) is 55.3 Å². The Hall–Kier alpha value is 0.480. The molecule has 11 heavy (non-hydrogen) atoms. The second kappa shape index (κ2) is 2.04. The standard InChI is InChI=1S/C10H15Br/c11-6-10-4-7-1-8(5-10)3-9(10)2-7/h7-9H,1-6H2. The maximum atomic E-state index is 3.72. The molecule has 0 aliphatic heterocycles. The van der Waals surface area contributed by atoms with Gasteiger partial charge in [-0.25, -0.2) is 0 Å². The molecule has 0 aromatic carbocycles. The summed E-state index contributed by atoms with van der Waals surface area (Å²) in [4.78, 5) is 0. The lowest BCUT2D eigenvalue weighted by Gasteiger charge is -2.30. The smallest absolute Gasteiger partial charge is 0.00908 e. The number of hydrogen-bond donors (Lipinski definition) is 0. The Labute approximate surface area is 76.9 Å². The van der Waals surface area contributed by atoms with Crippen molar-refractivity contribution >= 4 is 15.9 Å². The Kier molecular flexibility index (Phi) is 1.29. The molecule has 1 heteroatoms. The van der Waals surface area contributed by atoms with E-state index in [0.717, 1.165) is 23.2 Å². The zero-order valence-electron chi connectivity index (χ0n) is 6.85. The van der Waals surface area contributed by atoms with Gasteiger partial charge >= 0.3 is 0 Å². The van der Waals surface area contributed by atoms with Gasteiger partial charge in [-0.15, -0.1) is 0 Å². The van der Waals surface area contributed by atoms with Gasteiger partial charge in [-0.2, -0.15) is 0 Å². The van der Waals surface area contributed by atoms with E-state index in [4.69, 9.17) is 0 Å². The van der Waals surface area contributed by atoms with Gasteiger partial charge in [0.25, 0.3) is 0 Å². The van der Waals surface area contributed by atoms with E-state index in [2.05, 4.69) is 15.9 Å². The molecule has 62 valence electrons. The molecule has 0 saturated heterocycles. The fourth-order valence-electron chi connectivity index (χ4n) is 4.18. The third-order valence-corrected chi connectivity index (χ3v) is 5.54. The van der Waals surface area contributed by atoms with Crippen LogP contribution in [0.5, 0.6) is 0 Å². The van der Waals surface area contributed by atoms with E-state index < -0.39 is 0 Å². The van der Waals surface area contributed by atoms with Gasteiger partial charge in [-0.1, -0.05) is 15.9 Å². The van der Waals surface area contributed by atoms with Gasteiger partial charge < -0.3 is 0 Å². The average molecular weight is 215 g/mol. The molecular formula is C10H15Br. The molecule has 4 aliphatic rings. The number of hydrogen-bond acceptors (Lipinski definition) is 0. The van der Waals surface area contributed by atoms with Crippen molar-refractivity contribution in [3.8, 4) is 0 Å². The molecule has 4 rings (SSSR count). The first kappa shape index (κ1) is 6.94. The van der Waals surface area contributed by atoms with Crippen LogP contribution in [0.25, 0.3) is 0 Å². The van der Waals surface area contributed by atoms with Crippen LogP contribution in [-0.4, -0.2) is 5.33 Å². The molecule has 0 amide bonds. The molecule has 0 radical (unpaired) electrons. The zero-order chi connectivity index (χ0) is 7.47. The second-order valence-corrected chi connectivity index (χ2v) is 5.60. The number of halogens is 1. The molecule has 4 fully saturated rings. The number of rotatable bonds is 1. The van der Waals surface area contributed by atoms with Crippen molar-refractivity contribution in [1.82, 2.24) is 0 Å². The molecule has 0 aromatic heterocycles. The van der Waals surface area contributed by atoms with Crippen LogP contribution in [-0.2, 0) is 0 Å². The lowest BCUT2D eigenvalue weighted by molar-refractivity contribution is 0.231. The van der Waals surface area contributed by atoms with Crippen molar-refractivity contribution in [3.05, 3.63) is 0 Å². The van der Waals surface area contributed by atoms with E-state index >= 15 is 0 Å². The lowest BCUT2D eigenvalue weighted by atomic mass is 9.77. The third kappa shape index (κ3) is 0.760. The van der Waals surface area contributed by atoms with Crippen molar-refractivity contribution in [3.63, 3.8) is 0 Å². The summed E-state index contributed by atoms with van der Waals surface area (Å²) in [7, 11) is 0. The summed E-state index contributed by atoms with van der Waals surface area (Å²) in [6.45, 7) is 0. The molecule has 0 spiro atoms. The zero-order valence-corrected chi connectivity index (χ0v) is 8.44. The summed E-state index contributed by atoms with van der Waals surface area (Å²) < 4.78 is 0. The molecule has 4 bridgehead atoms. The van der Waals surface area contributed by atoms with Crippen LogP contribution in [0.4, 0.5) is 0 Å². The van der Waals surface area contributed by atoms with Crippen molar-refractivity contribution in [2.75, 3.05) is 5.33 Å². The maximum absolute atomic E-state index is 3.72. The Morgan fingerprint density at radius 1 is 1.09 bits per heavy atom. The van der Waals surface area contributed by atoms with Crippen molar-refractivity contribution in [1.29, 1.82) is 0 Å². The van der Waals surface area contributed by atoms with Crippen molar-refractivity contribution in [2.24, 2.45) is 23.2 Å². The predicted molar refractivity (Wildman–Crippen MR) is 49.8 cm³/mol. The first-order chi connectivity index (χ1) is 5.32. The quantitative estimate of drug-likeness (QED) is 0.589.